The van der Waals surface area contributed by atoms with Crippen molar-refractivity contribution in [3.05, 3.63) is 59.6 Å². The SMILES string of the molecule is O=C(Nc1ccccc1-n1cnnn1)c1cccc(Cl)n1. The van der Waals surface area contributed by atoms with Crippen LogP contribution in [0.3, 0.4) is 0 Å². The molecule has 7 nitrogen and oxygen atoms in total. The number of para-hydroxylation sites is 2. The lowest BCUT2D eigenvalue weighted by atomic mass is 10.2. The lowest BCUT2D eigenvalue weighted by molar-refractivity contribution is 0.102. The van der Waals surface area contributed by atoms with E-state index in [-0.39, 0.29) is 16.8 Å². The first-order chi connectivity index (χ1) is 10.2. The molecule has 0 saturated heterocycles. The van der Waals surface area contributed by atoms with Gasteiger partial charge in [0.05, 0.1) is 11.4 Å². The summed E-state index contributed by atoms with van der Waals surface area (Å²) < 4.78 is 1.46. The number of anilines is 1. The fourth-order valence-electron chi connectivity index (χ4n) is 1.77. The third kappa shape index (κ3) is 2.87. The van der Waals surface area contributed by atoms with Crippen molar-refractivity contribution in [3.63, 3.8) is 0 Å². The topological polar surface area (TPSA) is 85.6 Å². The fourth-order valence-corrected chi connectivity index (χ4v) is 1.94. The molecule has 3 aromatic rings. The van der Waals surface area contributed by atoms with Gasteiger partial charge >= 0.3 is 0 Å². The Balaban J connectivity index is 1.90. The highest BCUT2D eigenvalue weighted by Gasteiger charge is 2.12. The second-order valence-corrected chi connectivity index (χ2v) is 4.46. The summed E-state index contributed by atoms with van der Waals surface area (Å²) in [7, 11) is 0. The molecule has 1 amide bonds. The molecule has 0 bridgehead atoms. The van der Waals surface area contributed by atoms with Crippen molar-refractivity contribution in [3.8, 4) is 5.69 Å². The lowest BCUT2D eigenvalue weighted by Gasteiger charge is -2.09. The highest BCUT2D eigenvalue weighted by molar-refractivity contribution is 6.29. The predicted molar refractivity (Wildman–Crippen MR) is 76.4 cm³/mol. The molecule has 104 valence electrons. The Hall–Kier alpha value is -2.80. The van der Waals surface area contributed by atoms with E-state index < -0.39 is 0 Å². The highest BCUT2D eigenvalue weighted by atomic mass is 35.5. The number of hydrogen-bond acceptors (Lipinski definition) is 5. The van der Waals surface area contributed by atoms with E-state index in [9.17, 15) is 4.79 Å². The van der Waals surface area contributed by atoms with Crippen LogP contribution >= 0.6 is 11.6 Å². The van der Waals surface area contributed by atoms with Gasteiger partial charge in [0, 0.05) is 0 Å². The number of nitrogens with zero attached hydrogens (tertiary/aromatic N) is 5. The van der Waals surface area contributed by atoms with Gasteiger partial charge in [0.25, 0.3) is 5.91 Å². The van der Waals surface area contributed by atoms with Crippen LogP contribution in [-0.4, -0.2) is 31.1 Å². The molecular formula is C13H9ClN6O. The number of carbonyl (C=O) groups is 1. The summed E-state index contributed by atoms with van der Waals surface area (Å²) in [6.45, 7) is 0. The molecule has 0 spiro atoms. The Morgan fingerprint density at radius 1 is 1.14 bits per heavy atom. The Labute approximate surface area is 124 Å². The van der Waals surface area contributed by atoms with Gasteiger partial charge in [-0.1, -0.05) is 29.8 Å². The van der Waals surface area contributed by atoms with E-state index in [2.05, 4.69) is 25.8 Å². The number of tetrazole rings is 1. The van der Waals surface area contributed by atoms with Crippen LogP contribution in [0.25, 0.3) is 5.69 Å². The van der Waals surface area contributed by atoms with Gasteiger partial charge in [-0.25, -0.2) is 4.98 Å². The van der Waals surface area contributed by atoms with Crippen LogP contribution in [0.2, 0.25) is 5.15 Å². The normalized spacial score (nSPS) is 10.3. The smallest absolute Gasteiger partial charge is 0.274 e. The van der Waals surface area contributed by atoms with Crippen LogP contribution in [0, 0.1) is 0 Å². The Bertz CT molecular complexity index is 774. The van der Waals surface area contributed by atoms with Gasteiger partial charge in [-0.15, -0.1) is 5.10 Å². The molecule has 0 aliphatic rings. The third-order valence-electron chi connectivity index (χ3n) is 2.70. The molecule has 1 N–H and O–H groups in total. The Morgan fingerprint density at radius 2 is 2.00 bits per heavy atom. The van der Waals surface area contributed by atoms with E-state index in [1.54, 1.807) is 36.4 Å². The zero-order chi connectivity index (χ0) is 14.7. The molecule has 0 unspecified atom stereocenters. The molecule has 0 atom stereocenters. The average molecular weight is 301 g/mol. The summed E-state index contributed by atoms with van der Waals surface area (Å²) in [6.07, 6.45) is 1.45. The first-order valence-corrected chi connectivity index (χ1v) is 6.38. The molecule has 21 heavy (non-hydrogen) atoms. The Kier molecular flexibility index (Phi) is 3.57. The van der Waals surface area contributed by atoms with E-state index in [0.717, 1.165) is 0 Å². The summed E-state index contributed by atoms with van der Waals surface area (Å²) in [5.41, 5.74) is 1.45. The monoisotopic (exact) mass is 300 g/mol. The second kappa shape index (κ2) is 5.68. The number of amides is 1. The molecule has 0 saturated carbocycles. The van der Waals surface area contributed by atoms with Crippen molar-refractivity contribution in [2.45, 2.75) is 0 Å². The van der Waals surface area contributed by atoms with Gasteiger partial charge in [-0.3, -0.25) is 4.79 Å². The van der Waals surface area contributed by atoms with Crippen molar-refractivity contribution >= 4 is 23.2 Å². The lowest BCUT2D eigenvalue weighted by Crippen LogP contribution is -2.15. The number of benzene rings is 1. The quantitative estimate of drug-likeness (QED) is 0.747. The summed E-state index contributed by atoms with van der Waals surface area (Å²) >= 11 is 5.78. The molecule has 2 aromatic heterocycles. The summed E-state index contributed by atoms with van der Waals surface area (Å²) in [5.74, 6) is -0.363. The van der Waals surface area contributed by atoms with Gasteiger partial charge in [0.1, 0.15) is 17.2 Å². The van der Waals surface area contributed by atoms with Gasteiger partial charge in [0.2, 0.25) is 0 Å². The Morgan fingerprint density at radius 3 is 2.76 bits per heavy atom. The molecule has 3 rings (SSSR count). The zero-order valence-corrected chi connectivity index (χ0v) is 11.4. The summed E-state index contributed by atoms with van der Waals surface area (Å²) in [4.78, 5) is 16.2. The zero-order valence-electron chi connectivity index (χ0n) is 10.6. The van der Waals surface area contributed by atoms with Crippen LogP contribution in [0.5, 0.6) is 0 Å². The summed E-state index contributed by atoms with van der Waals surface area (Å²) in [6, 6.07) is 12.0. The van der Waals surface area contributed by atoms with Crippen LogP contribution in [-0.2, 0) is 0 Å². The number of hydrogen-bond donors (Lipinski definition) is 1. The number of carbonyl (C=O) groups excluding carboxylic acids is 1. The van der Waals surface area contributed by atoms with Crippen molar-refractivity contribution in [2.24, 2.45) is 0 Å². The molecule has 0 aliphatic carbocycles. The van der Waals surface area contributed by atoms with E-state index >= 15 is 0 Å². The minimum Gasteiger partial charge on any atom is -0.319 e. The van der Waals surface area contributed by atoms with Crippen LogP contribution in [0.4, 0.5) is 5.69 Å². The number of aromatic nitrogens is 5. The number of nitrogens with one attached hydrogen (secondary N) is 1. The maximum atomic E-state index is 12.2. The molecule has 1 aromatic carbocycles. The van der Waals surface area contributed by atoms with Gasteiger partial charge in [-0.05, 0) is 34.7 Å². The largest absolute Gasteiger partial charge is 0.319 e. The van der Waals surface area contributed by atoms with Crippen LogP contribution in [0.15, 0.2) is 48.8 Å². The van der Waals surface area contributed by atoms with Crippen LogP contribution in [0.1, 0.15) is 10.5 Å². The second-order valence-electron chi connectivity index (χ2n) is 4.07. The molecular weight excluding hydrogens is 292 g/mol. The number of rotatable bonds is 3. The summed E-state index contributed by atoms with van der Waals surface area (Å²) in [5, 5.41) is 14.0. The average Bonchev–Trinajstić information content (AvgIpc) is 3.02. The van der Waals surface area contributed by atoms with E-state index in [1.807, 2.05) is 6.07 Å². The predicted octanol–water partition coefficient (Wildman–Crippen LogP) is 1.96. The number of pyridine rings is 1. The van der Waals surface area contributed by atoms with Gasteiger partial charge in [0.15, 0.2) is 0 Å². The van der Waals surface area contributed by atoms with E-state index in [4.69, 9.17) is 11.6 Å². The standard InChI is InChI=1S/C13H9ClN6O/c14-12-7-3-5-10(16-12)13(21)17-9-4-1-2-6-11(9)20-8-15-18-19-20/h1-8H,(H,17,21). The van der Waals surface area contributed by atoms with Crippen molar-refractivity contribution < 1.29 is 4.79 Å². The first-order valence-electron chi connectivity index (χ1n) is 6.00. The molecule has 8 heteroatoms. The first kappa shape index (κ1) is 13.2. The molecule has 2 heterocycles. The van der Waals surface area contributed by atoms with Crippen molar-refractivity contribution in [1.29, 1.82) is 0 Å². The van der Waals surface area contributed by atoms with E-state index in [0.29, 0.717) is 11.4 Å². The minimum absolute atomic E-state index is 0.231. The molecule has 0 fully saturated rings. The minimum atomic E-state index is -0.363. The molecule has 0 radical (unpaired) electrons. The maximum Gasteiger partial charge on any atom is 0.274 e. The third-order valence-corrected chi connectivity index (χ3v) is 2.91. The van der Waals surface area contributed by atoms with Crippen molar-refractivity contribution in [1.82, 2.24) is 25.2 Å². The fraction of sp³-hybridized carbons (Fsp3) is 0. The van der Waals surface area contributed by atoms with Crippen LogP contribution < -0.4 is 5.32 Å². The van der Waals surface area contributed by atoms with Gasteiger partial charge in [-0.2, -0.15) is 4.68 Å². The number of halogens is 1. The van der Waals surface area contributed by atoms with Crippen molar-refractivity contribution in [2.75, 3.05) is 5.32 Å². The van der Waals surface area contributed by atoms with Gasteiger partial charge < -0.3 is 5.32 Å². The maximum absolute atomic E-state index is 12.2. The molecule has 0 aliphatic heterocycles. The van der Waals surface area contributed by atoms with E-state index in [1.165, 1.54) is 11.0 Å². The highest BCUT2D eigenvalue weighted by Crippen LogP contribution is 2.19.